The molecule has 0 radical (unpaired) electrons. The molecule has 0 spiro atoms. The van der Waals surface area contributed by atoms with Gasteiger partial charge in [-0.3, -0.25) is 4.79 Å². The van der Waals surface area contributed by atoms with Crippen LogP contribution >= 0.6 is 0 Å². The highest BCUT2D eigenvalue weighted by Gasteiger charge is 2.25. The second-order valence-electron chi connectivity index (χ2n) is 5.70. The smallest absolute Gasteiger partial charge is 0.342 e. The van der Waals surface area contributed by atoms with Crippen LogP contribution in [0.5, 0.6) is 5.75 Å². The molecule has 4 nitrogen and oxygen atoms in total. The van der Waals surface area contributed by atoms with Gasteiger partial charge in [0.05, 0.1) is 0 Å². The summed E-state index contributed by atoms with van der Waals surface area (Å²) in [5.41, 5.74) is 2.04. The number of rotatable bonds is 3. The van der Waals surface area contributed by atoms with Crippen LogP contribution in [0.4, 0.5) is 0 Å². The van der Waals surface area contributed by atoms with Gasteiger partial charge in [-0.05, 0) is 18.6 Å². The van der Waals surface area contributed by atoms with Crippen LogP contribution < -0.4 is 4.74 Å². The van der Waals surface area contributed by atoms with Crippen LogP contribution in [-0.4, -0.2) is 17.9 Å². The van der Waals surface area contributed by atoms with Crippen LogP contribution in [0.2, 0.25) is 0 Å². The van der Waals surface area contributed by atoms with E-state index in [4.69, 9.17) is 9.47 Å². The Morgan fingerprint density at radius 2 is 1.96 bits per heavy atom. The molecule has 0 saturated carbocycles. The number of carbonyl (C=O) groups excluding carboxylic acids is 2. The van der Waals surface area contributed by atoms with Gasteiger partial charge in [-0.2, -0.15) is 0 Å². The van der Waals surface area contributed by atoms with Crippen molar-refractivity contribution in [1.29, 1.82) is 0 Å². The van der Waals surface area contributed by atoms with Crippen molar-refractivity contribution in [3.63, 3.8) is 0 Å². The molecule has 118 valence electrons. The Labute approximate surface area is 135 Å². The van der Waals surface area contributed by atoms with Crippen molar-refractivity contribution in [1.82, 2.24) is 0 Å². The lowest BCUT2D eigenvalue weighted by molar-refractivity contribution is -0.119. The molecule has 1 aliphatic heterocycles. The predicted octanol–water partition coefficient (Wildman–Crippen LogP) is 3.33. The van der Waals surface area contributed by atoms with Crippen molar-refractivity contribution in [2.45, 2.75) is 32.5 Å². The molecule has 0 aliphatic carbocycles. The second-order valence-corrected chi connectivity index (χ2v) is 5.70. The summed E-state index contributed by atoms with van der Waals surface area (Å²) in [6.45, 7) is 2.04. The Bertz CT molecular complexity index is 721. The number of Topliss-reactive ketones (excluding diaryl/α,β-unsaturated/α-hetero) is 1. The lowest BCUT2D eigenvalue weighted by Gasteiger charge is -2.15. The van der Waals surface area contributed by atoms with Crippen molar-refractivity contribution in [3.8, 4) is 5.75 Å². The van der Waals surface area contributed by atoms with Crippen molar-refractivity contribution in [2.24, 2.45) is 0 Å². The van der Waals surface area contributed by atoms with Gasteiger partial charge in [0.2, 0.25) is 0 Å². The molecule has 1 unspecified atom stereocenters. The fraction of sp³-hybridized carbons (Fsp3) is 0.263. The highest BCUT2D eigenvalue weighted by Crippen LogP contribution is 2.30. The quantitative estimate of drug-likeness (QED) is 0.816. The van der Waals surface area contributed by atoms with Crippen LogP contribution in [0.25, 0.3) is 0 Å². The van der Waals surface area contributed by atoms with Crippen LogP contribution in [0.3, 0.4) is 0 Å². The number of hydrogen-bond donors (Lipinski definition) is 0. The van der Waals surface area contributed by atoms with Gasteiger partial charge in [0.25, 0.3) is 0 Å². The number of hydrogen-bond acceptors (Lipinski definition) is 4. The van der Waals surface area contributed by atoms with Gasteiger partial charge in [-0.1, -0.05) is 42.5 Å². The van der Waals surface area contributed by atoms with Crippen molar-refractivity contribution in [2.75, 3.05) is 0 Å². The normalized spacial score (nSPS) is 16.9. The first-order valence-corrected chi connectivity index (χ1v) is 7.65. The molecule has 0 saturated heterocycles. The monoisotopic (exact) mass is 310 g/mol. The first-order valence-electron chi connectivity index (χ1n) is 7.65. The first kappa shape index (κ1) is 15.3. The van der Waals surface area contributed by atoms with E-state index in [0.29, 0.717) is 24.2 Å². The molecular formula is C19H18O4. The summed E-state index contributed by atoms with van der Waals surface area (Å²) in [5.74, 6) is 0.155. The van der Waals surface area contributed by atoms with E-state index in [1.54, 1.807) is 12.1 Å². The average molecular weight is 310 g/mol. The summed E-state index contributed by atoms with van der Waals surface area (Å²) >= 11 is 0. The number of benzene rings is 2. The Morgan fingerprint density at radius 3 is 2.74 bits per heavy atom. The minimum atomic E-state index is -0.438. The van der Waals surface area contributed by atoms with E-state index >= 15 is 0 Å². The number of fused-ring (bicyclic) bond motifs is 1. The van der Waals surface area contributed by atoms with Crippen molar-refractivity contribution >= 4 is 11.8 Å². The summed E-state index contributed by atoms with van der Waals surface area (Å²) in [5, 5.41) is 0. The molecule has 0 fully saturated rings. The molecule has 0 amide bonds. The van der Waals surface area contributed by atoms with Crippen LogP contribution in [-0.2, 0) is 22.6 Å². The number of carbonyl (C=O) groups is 2. The second kappa shape index (κ2) is 6.65. The third-order valence-corrected chi connectivity index (χ3v) is 3.75. The van der Waals surface area contributed by atoms with Crippen molar-refractivity contribution < 1.29 is 19.1 Å². The maximum atomic E-state index is 12.4. The fourth-order valence-corrected chi connectivity index (χ4v) is 2.67. The molecule has 0 bridgehead atoms. The van der Waals surface area contributed by atoms with E-state index in [-0.39, 0.29) is 18.5 Å². The zero-order valence-electron chi connectivity index (χ0n) is 13.0. The molecule has 0 aromatic heterocycles. The summed E-state index contributed by atoms with van der Waals surface area (Å²) in [7, 11) is 0. The topological polar surface area (TPSA) is 52.6 Å². The minimum absolute atomic E-state index is 0.117. The number of para-hydroxylation sites is 1. The molecule has 1 aliphatic rings. The standard InChI is InChI=1S/C19H18O4/c1-13-10-16(20)11-15-8-5-9-17(18(15)23-13)19(21)22-12-14-6-3-2-4-7-14/h2-9,13H,10-12H2,1H3. The molecular weight excluding hydrogens is 292 g/mol. The van der Waals surface area contributed by atoms with E-state index in [0.717, 1.165) is 11.1 Å². The molecule has 4 heteroatoms. The molecule has 0 N–H and O–H groups in total. The van der Waals surface area contributed by atoms with Crippen LogP contribution in [0.1, 0.15) is 34.8 Å². The zero-order valence-corrected chi connectivity index (χ0v) is 13.0. The van der Waals surface area contributed by atoms with Gasteiger partial charge in [-0.15, -0.1) is 0 Å². The highest BCUT2D eigenvalue weighted by atomic mass is 16.5. The Balaban J connectivity index is 1.81. The molecule has 23 heavy (non-hydrogen) atoms. The SMILES string of the molecule is CC1CC(=O)Cc2cccc(C(=O)OCc3ccccc3)c2O1. The Hall–Kier alpha value is -2.62. The Kier molecular flexibility index (Phi) is 4.42. The predicted molar refractivity (Wildman–Crippen MR) is 85.4 cm³/mol. The van der Waals surface area contributed by atoms with Crippen LogP contribution in [0.15, 0.2) is 48.5 Å². The van der Waals surface area contributed by atoms with Gasteiger partial charge >= 0.3 is 5.97 Å². The number of esters is 1. The third kappa shape index (κ3) is 3.59. The van der Waals surface area contributed by atoms with E-state index in [1.165, 1.54) is 0 Å². The summed E-state index contributed by atoms with van der Waals surface area (Å²) in [4.78, 5) is 24.3. The lowest BCUT2D eigenvalue weighted by Crippen LogP contribution is -2.16. The lowest BCUT2D eigenvalue weighted by atomic mass is 10.0. The highest BCUT2D eigenvalue weighted by molar-refractivity contribution is 5.94. The Morgan fingerprint density at radius 1 is 1.17 bits per heavy atom. The third-order valence-electron chi connectivity index (χ3n) is 3.75. The summed E-state index contributed by atoms with van der Waals surface area (Å²) < 4.78 is 11.2. The molecule has 1 heterocycles. The largest absolute Gasteiger partial charge is 0.489 e. The molecule has 2 aromatic carbocycles. The number of ketones is 1. The summed E-state index contributed by atoms with van der Waals surface area (Å²) in [6.07, 6.45) is 0.402. The van der Waals surface area contributed by atoms with E-state index in [2.05, 4.69) is 0 Å². The first-order chi connectivity index (χ1) is 11.1. The van der Waals surface area contributed by atoms with Gasteiger partial charge in [-0.25, -0.2) is 4.79 Å². The molecule has 2 aromatic rings. The van der Waals surface area contributed by atoms with E-state index < -0.39 is 5.97 Å². The maximum Gasteiger partial charge on any atom is 0.342 e. The minimum Gasteiger partial charge on any atom is -0.489 e. The fourth-order valence-electron chi connectivity index (χ4n) is 2.67. The van der Waals surface area contributed by atoms with Gasteiger partial charge < -0.3 is 9.47 Å². The molecule has 3 rings (SSSR count). The number of ether oxygens (including phenoxy) is 2. The van der Waals surface area contributed by atoms with Gasteiger partial charge in [0, 0.05) is 18.4 Å². The molecule has 1 atom stereocenters. The van der Waals surface area contributed by atoms with Gasteiger partial charge in [0.1, 0.15) is 29.8 Å². The van der Waals surface area contributed by atoms with Gasteiger partial charge in [0.15, 0.2) is 0 Å². The average Bonchev–Trinajstić information content (AvgIpc) is 2.69. The maximum absolute atomic E-state index is 12.4. The van der Waals surface area contributed by atoms with Crippen molar-refractivity contribution in [3.05, 3.63) is 65.2 Å². The van der Waals surface area contributed by atoms with E-state index in [9.17, 15) is 9.59 Å². The van der Waals surface area contributed by atoms with Crippen LogP contribution in [0, 0.1) is 0 Å². The summed E-state index contributed by atoms with van der Waals surface area (Å²) in [6, 6.07) is 14.8. The van der Waals surface area contributed by atoms with E-state index in [1.807, 2.05) is 43.3 Å². The zero-order chi connectivity index (χ0) is 16.2.